The fourth-order valence-electron chi connectivity index (χ4n) is 1.72. The van der Waals surface area contributed by atoms with E-state index in [0.717, 1.165) is 0 Å². The normalized spacial score (nSPS) is 12.2. The van der Waals surface area contributed by atoms with E-state index in [4.69, 9.17) is 14.9 Å². The van der Waals surface area contributed by atoms with Crippen molar-refractivity contribution in [1.82, 2.24) is 0 Å². The molecular weight excluding hydrogens is 335 g/mol. The Hall–Kier alpha value is -1.93. The average molecular weight is 345 g/mol. The minimum absolute atomic E-state index is 0.188. The van der Waals surface area contributed by atoms with Gasteiger partial charge in [0.1, 0.15) is 22.3 Å². The highest BCUT2D eigenvalue weighted by Crippen LogP contribution is 2.34. The number of methoxy groups -OCH3 is 1. The first kappa shape index (κ1) is 14.5. The zero-order chi connectivity index (χ0) is 14.9. The van der Waals surface area contributed by atoms with Crippen LogP contribution in [-0.2, 0) is 0 Å². The van der Waals surface area contributed by atoms with Gasteiger partial charge in [0, 0.05) is 11.6 Å². The van der Waals surface area contributed by atoms with Crippen LogP contribution in [0.5, 0.6) is 5.75 Å². The minimum Gasteiger partial charge on any atom is -0.496 e. The smallest absolute Gasteiger partial charge is 0.433 e. The van der Waals surface area contributed by atoms with E-state index in [-0.39, 0.29) is 16.0 Å². The van der Waals surface area contributed by atoms with E-state index in [9.17, 15) is 14.5 Å². The maximum Gasteiger partial charge on any atom is 0.433 e. The molecule has 0 bridgehead atoms. The average Bonchev–Trinajstić information content (AvgIpc) is 2.90. The lowest BCUT2D eigenvalue weighted by Gasteiger charge is -2.14. The first-order chi connectivity index (χ1) is 9.43. The van der Waals surface area contributed by atoms with Gasteiger partial charge in [-0.3, -0.25) is 10.1 Å². The largest absolute Gasteiger partial charge is 0.496 e. The van der Waals surface area contributed by atoms with Gasteiger partial charge >= 0.3 is 5.88 Å². The summed E-state index contributed by atoms with van der Waals surface area (Å²) in [5.41, 5.74) is 6.43. The third-order valence-corrected chi connectivity index (χ3v) is 3.31. The molecule has 0 radical (unpaired) electrons. The van der Waals surface area contributed by atoms with Crippen molar-refractivity contribution in [3.05, 3.63) is 56.0 Å². The minimum atomic E-state index is -0.810. The molecule has 2 aromatic rings. The fourth-order valence-corrected chi connectivity index (χ4v) is 2.09. The van der Waals surface area contributed by atoms with Crippen molar-refractivity contribution in [2.45, 2.75) is 6.04 Å². The van der Waals surface area contributed by atoms with Crippen molar-refractivity contribution in [1.29, 1.82) is 0 Å². The van der Waals surface area contributed by atoms with E-state index in [1.54, 1.807) is 0 Å². The second-order valence-electron chi connectivity index (χ2n) is 3.92. The molecule has 2 rings (SSSR count). The second-order valence-corrected chi connectivity index (χ2v) is 4.77. The lowest BCUT2D eigenvalue weighted by molar-refractivity contribution is -0.402. The van der Waals surface area contributed by atoms with Crippen LogP contribution in [-0.4, -0.2) is 12.0 Å². The molecule has 20 heavy (non-hydrogen) atoms. The predicted octanol–water partition coefficient (Wildman–Crippen LogP) is 3.15. The Balaban J connectivity index is 2.43. The second kappa shape index (κ2) is 5.59. The van der Waals surface area contributed by atoms with Gasteiger partial charge in [-0.1, -0.05) is 0 Å². The Morgan fingerprint density at radius 3 is 2.75 bits per heavy atom. The summed E-state index contributed by atoms with van der Waals surface area (Å²) in [5.74, 6) is -0.482. The molecule has 1 atom stereocenters. The van der Waals surface area contributed by atoms with Gasteiger partial charge < -0.3 is 14.9 Å². The summed E-state index contributed by atoms with van der Waals surface area (Å²) < 4.78 is 23.8. The summed E-state index contributed by atoms with van der Waals surface area (Å²) in [5, 5.41) is 10.6. The highest BCUT2D eigenvalue weighted by Gasteiger charge is 2.22. The number of furan rings is 1. The van der Waals surface area contributed by atoms with E-state index in [0.29, 0.717) is 5.56 Å². The number of ether oxygens (including phenoxy) is 1. The van der Waals surface area contributed by atoms with Crippen LogP contribution in [0.1, 0.15) is 17.4 Å². The van der Waals surface area contributed by atoms with Crippen molar-refractivity contribution in [2.75, 3.05) is 7.11 Å². The zero-order valence-electron chi connectivity index (χ0n) is 10.3. The van der Waals surface area contributed by atoms with Crippen LogP contribution >= 0.6 is 15.9 Å². The number of halogens is 2. The van der Waals surface area contributed by atoms with Crippen molar-refractivity contribution >= 4 is 21.8 Å². The molecule has 106 valence electrons. The van der Waals surface area contributed by atoms with Crippen molar-refractivity contribution in [3.63, 3.8) is 0 Å². The number of nitrogens with zero attached hydrogens (tertiary/aromatic N) is 1. The van der Waals surface area contributed by atoms with Crippen LogP contribution in [0.4, 0.5) is 10.3 Å². The Morgan fingerprint density at radius 2 is 2.20 bits per heavy atom. The van der Waals surface area contributed by atoms with E-state index in [2.05, 4.69) is 15.9 Å². The number of hydrogen-bond acceptors (Lipinski definition) is 5. The van der Waals surface area contributed by atoms with E-state index < -0.39 is 22.7 Å². The monoisotopic (exact) mass is 344 g/mol. The van der Waals surface area contributed by atoms with Gasteiger partial charge in [0.25, 0.3) is 0 Å². The molecule has 0 aliphatic rings. The summed E-state index contributed by atoms with van der Waals surface area (Å²) in [7, 11) is 1.38. The van der Waals surface area contributed by atoms with Crippen molar-refractivity contribution in [2.24, 2.45) is 5.73 Å². The molecule has 0 spiro atoms. The molecule has 0 amide bonds. The third-order valence-electron chi connectivity index (χ3n) is 2.71. The first-order valence-corrected chi connectivity index (χ1v) is 6.26. The molecule has 0 fully saturated rings. The molecular formula is C12H10BrFN2O4. The maximum atomic E-state index is 13.4. The molecule has 0 saturated carbocycles. The maximum absolute atomic E-state index is 13.4. The van der Waals surface area contributed by atoms with Crippen LogP contribution in [0.3, 0.4) is 0 Å². The number of hydrogen-bond donors (Lipinski definition) is 1. The molecule has 0 aliphatic heterocycles. The lowest BCUT2D eigenvalue weighted by Crippen LogP contribution is -2.12. The lowest BCUT2D eigenvalue weighted by atomic mass is 10.0. The molecule has 0 aliphatic carbocycles. The molecule has 1 aromatic heterocycles. The summed E-state index contributed by atoms with van der Waals surface area (Å²) in [4.78, 5) is 9.93. The van der Waals surface area contributed by atoms with Gasteiger partial charge in [0.2, 0.25) is 0 Å². The SMILES string of the molecule is COc1cc(F)c(Br)cc1C(N)c1ccc([N+](=O)[O-])o1. The summed E-state index contributed by atoms with van der Waals surface area (Å²) in [6.07, 6.45) is 0. The van der Waals surface area contributed by atoms with Crippen LogP contribution in [0.15, 0.2) is 33.2 Å². The van der Waals surface area contributed by atoms with Crippen LogP contribution in [0.25, 0.3) is 0 Å². The van der Waals surface area contributed by atoms with Crippen molar-refractivity contribution in [3.8, 4) is 5.75 Å². The summed E-state index contributed by atoms with van der Waals surface area (Å²) >= 11 is 3.05. The van der Waals surface area contributed by atoms with Gasteiger partial charge in [-0.15, -0.1) is 0 Å². The Bertz CT molecular complexity index is 659. The third kappa shape index (κ3) is 2.66. The molecule has 0 saturated heterocycles. The van der Waals surface area contributed by atoms with Crippen LogP contribution < -0.4 is 10.5 Å². The fraction of sp³-hybridized carbons (Fsp3) is 0.167. The Labute approximate surface area is 121 Å². The number of nitro groups is 1. The van der Waals surface area contributed by atoms with E-state index in [1.165, 1.54) is 31.4 Å². The molecule has 2 N–H and O–H groups in total. The van der Waals surface area contributed by atoms with Crippen LogP contribution in [0.2, 0.25) is 0 Å². The molecule has 1 unspecified atom stereocenters. The highest BCUT2D eigenvalue weighted by atomic mass is 79.9. The first-order valence-electron chi connectivity index (χ1n) is 5.46. The summed E-state index contributed by atoms with van der Waals surface area (Å²) in [6.45, 7) is 0. The van der Waals surface area contributed by atoms with E-state index in [1.807, 2.05) is 0 Å². The predicted molar refractivity (Wildman–Crippen MR) is 72.0 cm³/mol. The standard InChI is InChI=1S/C12H10BrFN2O4/c1-19-10-5-8(14)7(13)4-6(10)12(15)9-2-3-11(20-9)16(17)18/h2-5,12H,15H2,1H3. The van der Waals surface area contributed by atoms with Gasteiger partial charge in [0.15, 0.2) is 0 Å². The molecule has 1 heterocycles. The highest BCUT2D eigenvalue weighted by molar-refractivity contribution is 9.10. The van der Waals surface area contributed by atoms with Gasteiger partial charge in [-0.25, -0.2) is 4.39 Å². The van der Waals surface area contributed by atoms with Crippen molar-refractivity contribution < 1.29 is 18.5 Å². The van der Waals surface area contributed by atoms with Crippen LogP contribution in [0, 0.1) is 15.9 Å². The van der Waals surface area contributed by atoms with Gasteiger partial charge in [-0.2, -0.15) is 0 Å². The number of nitrogens with two attached hydrogens (primary N) is 1. The topological polar surface area (TPSA) is 91.5 Å². The summed E-state index contributed by atoms with van der Waals surface area (Å²) in [6, 6.07) is 4.43. The Kier molecular flexibility index (Phi) is 4.05. The molecule has 1 aromatic carbocycles. The number of rotatable bonds is 4. The Morgan fingerprint density at radius 1 is 1.50 bits per heavy atom. The molecule has 8 heteroatoms. The molecule has 6 nitrogen and oxygen atoms in total. The zero-order valence-corrected chi connectivity index (χ0v) is 11.9. The van der Waals surface area contributed by atoms with Gasteiger partial charge in [0.05, 0.1) is 23.7 Å². The van der Waals surface area contributed by atoms with E-state index >= 15 is 0 Å². The quantitative estimate of drug-likeness (QED) is 0.679. The number of benzene rings is 1. The van der Waals surface area contributed by atoms with Gasteiger partial charge in [-0.05, 0) is 28.1 Å².